The first-order chi connectivity index (χ1) is 12.4. The molecule has 0 spiro atoms. The third kappa shape index (κ3) is 5.16. The van der Waals surface area contributed by atoms with Crippen molar-refractivity contribution in [1.29, 1.82) is 0 Å². The Morgan fingerprint density at radius 3 is 2.58 bits per heavy atom. The fourth-order valence-corrected chi connectivity index (χ4v) is 2.94. The average molecular weight is 381 g/mol. The van der Waals surface area contributed by atoms with Crippen LogP contribution in [0.25, 0.3) is 11.0 Å². The van der Waals surface area contributed by atoms with Crippen LogP contribution in [0.2, 0.25) is 0 Å². The number of imidazole rings is 1. The van der Waals surface area contributed by atoms with Gasteiger partial charge in [0.25, 0.3) is 0 Å². The molecule has 1 amide bonds. The Bertz CT molecular complexity index is 861. The van der Waals surface area contributed by atoms with Gasteiger partial charge in [0.05, 0.1) is 22.5 Å². The highest BCUT2D eigenvalue weighted by atomic mass is 32.2. The van der Waals surface area contributed by atoms with Crippen molar-refractivity contribution in [3.8, 4) is 5.75 Å². The molecule has 0 aliphatic heterocycles. The molecule has 5 nitrogen and oxygen atoms in total. The SMILES string of the molecule is O=C(CSCc1nc2ccccc2[nH]1)Nc1ccc(OC(F)(F)F)cc1. The molecular weight excluding hydrogens is 367 g/mol. The first kappa shape index (κ1) is 18.1. The Morgan fingerprint density at radius 2 is 1.88 bits per heavy atom. The summed E-state index contributed by atoms with van der Waals surface area (Å²) in [6.45, 7) is 0. The molecule has 26 heavy (non-hydrogen) atoms. The van der Waals surface area contributed by atoms with Gasteiger partial charge >= 0.3 is 6.36 Å². The number of fused-ring (bicyclic) bond motifs is 1. The maximum absolute atomic E-state index is 12.1. The van der Waals surface area contributed by atoms with Crippen molar-refractivity contribution < 1.29 is 22.7 Å². The monoisotopic (exact) mass is 381 g/mol. The van der Waals surface area contributed by atoms with Gasteiger partial charge in [0.15, 0.2) is 0 Å². The molecule has 0 bridgehead atoms. The van der Waals surface area contributed by atoms with E-state index in [-0.39, 0.29) is 17.4 Å². The number of nitrogens with zero attached hydrogens (tertiary/aromatic N) is 1. The number of para-hydroxylation sites is 2. The largest absolute Gasteiger partial charge is 0.573 e. The van der Waals surface area contributed by atoms with E-state index in [4.69, 9.17) is 0 Å². The molecule has 0 unspecified atom stereocenters. The second-order valence-electron chi connectivity index (χ2n) is 5.31. The molecule has 2 aromatic carbocycles. The highest BCUT2D eigenvalue weighted by Crippen LogP contribution is 2.24. The van der Waals surface area contributed by atoms with Gasteiger partial charge in [-0.15, -0.1) is 24.9 Å². The number of amides is 1. The molecule has 0 saturated heterocycles. The number of benzene rings is 2. The summed E-state index contributed by atoms with van der Waals surface area (Å²) in [6, 6.07) is 12.6. The van der Waals surface area contributed by atoms with Gasteiger partial charge in [0.1, 0.15) is 11.6 Å². The van der Waals surface area contributed by atoms with Crippen LogP contribution in [-0.2, 0) is 10.5 Å². The molecule has 0 atom stereocenters. The zero-order chi connectivity index (χ0) is 18.6. The highest BCUT2D eigenvalue weighted by molar-refractivity contribution is 7.99. The van der Waals surface area contributed by atoms with E-state index in [9.17, 15) is 18.0 Å². The third-order valence-electron chi connectivity index (χ3n) is 3.28. The Hall–Kier alpha value is -2.68. The summed E-state index contributed by atoms with van der Waals surface area (Å²) in [7, 11) is 0. The highest BCUT2D eigenvalue weighted by Gasteiger charge is 2.30. The van der Waals surface area contributed by atoms with E-state index in [2.05, 4.69) is 20.0 Å². The minimum Gasteiger partial charge on any atom is -0.406 e. The van der Waals surface area contributed by atoms with Crippen LogP contribution < -0.4 is 10.1 Å². The number of carbonyl (C=O) groups is 1. The van der Waals surface area contributed by atoms with Crippen LogP contribution in [0.1, 0.15) is 5.82 Å². The lowest BCUT2D eigenvalue weighted by Gasteiger charge is -2.09. The molecule has 3 aromatic rings. The average Bonchev–Trinajstić information content (AvgIpc) is 2.98. The smallest absolute Gasteiger partial charge is 0.406 e. The van der Waals surface area contributed by atoms with Crippen molar-refractivity contribution in [2.75, 3.05) is 11.1 Å². The molecule has 0 aliphatic carbocycles. The Kier molecular flexibility index (Phi) is 5.36. The van der Waals surface area contributed by atoms with Gasteiger partial charge in [-0.3, -0.25) is 4.79 Å². The number of H-pyrrole nitrogens is 1. The topological polar surface area (TPSA) is 67.0 Å². The lowest BCUT2D eigenvalue weighted by Crippen LogP contribution is -2.17. The van der Waals surface area contributed by atoms with E-state index in [0.717, 1.165) is 29.0 Å². The minimum atomic E-state index is -4.74. The number of hydrogen-bond donors (Lipinski definition) is 2. The van der Waals surface area contributed by atoms with Gasteiger partial charge in [-0.1, -0.05) is 12.1 Å². The Labute approximate surface area is 151 Å². The van der Waals surface area contributed by atoms with Crippen LogP contribution in [0.4, 0.5) is 18.9 Å². The van der Waals surface area contributed by atoms with E-state index in [0.29, 0.717) is 11.4 Å². The van der Waals surface area contributed by atoms with E-state index >= 15 is 0 Å². The van der Waals surface area contributed by atoms with Crippen molar-refractivity contribution >= 4 is 34.4 Å². The molecule has 9 heteroatoms. The summed E-state index contributed by atoms with van der Waals surface area (Å²) in [4.78, 5) is 19.5. The number of thioether (sulfide) groups is 1. The van der Waals surface area contributed by atoms with Crippen LogP contribution in [0.5, 0.6) is 5.75 Å². The summed E-state index contributed by atoms with van der Waals surface area (Å²) in [5.41, 5.74) is 2.20. The van der Waals surface area contributed by atoms with E-state index in [1.807, 2.05) is 24.3 Å². The summed E-state index contributed by atoms with van der Waals surface area (Å²) in [6.07, 6.45) is -4.74. The Morgan fingerprint density at radius 1 is 1.15 bits per heavy atom. The lowest BCUT2D eigenvalue weighted by atomic mass is 10.3. The van der Waals surface area contributed by atoms with Crippen LogP contribution in [0.15, 0.2) is 48.5 Å². The number of carbonyl (C=O) groups excluding carboxylic acids is 1. The molecule has 0 radical (unpaired) electrons. The van der Waals surface area contributed by atoms with Gasteiger partial charge in [0, 0.05) is 5.69 Å². The number of anilines is 1. The maximum Gasteiger partial charge on any atom is 0.573 e. The normalized spacial score (nSPS) is 11.5. The van der Waals surface area contributed by atoms with Crippen molar-refractivity contribution in [2.45, 2.75) is 12.1 Å². The molecule has 0 aliphatic rings. The molecule has 136 valence electrons. The quantitative estimate of drug-likeness (QED) is 0.667. The number of aromatic amines is 1. The summed E-state index contributed by atoms with van der Waals surface area (Å²) < 4.78 is 40.1. The first-order valence-corrected chi connectivity index (χ1v) is 8.71. The van der Waals surface area contributed by atoms with Crippen molar-refractivity contribution in [1.82, 2.24) is 9.97 Å². The second-order valence-corrected chi connectivity index (χ2v) is 6.30. The summed E-state index contributed by atoms with van der Waals surface area (Å²) >= 11 is 1.38. The van der Waals surface area contributed by atoms with Gasteiger partial charge in [0.2, 0.25) is 5.91 Å². The number of ether oxygens (including phenoxy) is 1. The predicted octanol–water partition coefficient (Wildman–Crippen LogP) is 4.33. The number of rotatable bonds is 6. The van der Waals surface area contributed by atoms with Crippen molar-refractivity contribution in [3.63, 3.8) is 0 Å². The van der Waals surface area contributed by atoms with Crippen LogP contribution in [0, 0.1) is 0 Å². The molecule has 0 saturated carbocycles. The summed E-state index contributed by atoms with van der Waals surface area (Å²) in [5.74, 6) is 0.918. The number of alkyl halides is 3. The predicted molar refractivity (Wildman–Crippen MR) is 94.0 cm³/mol. The van der Waals surface area contributed by atoms with Gasteiger partial charge in [-0.25, -0.2) is 4.98 Å². The minimum absolute atomic E-state index is 0.192. The first-order valence-electron chi connectivity index (χ1n) is 7.56. The second kappa shape index (κ2) is 7.69. The maximum atomic E-state index is 12.1. The molecule has 0 fully saturated rings. The van der Waals surface area contributed by atoms with Crippen LogP contribution >= 0.6 is 11.8 Å². The number of halogens is 3. The van der Waals surface area contributed by atoms with E-state index in [1.165, 1.54) is 23.9 Å². The van der Waals surface area contributed by atoms with Crippen LogP contribution in [-0.4, -0.2) is 28.0 Å². The standard InChI is InChI=1S/C17H14F3N3O2S/c18-17(19,20)25-12-7-5-11(6-8-12)21-16(24)10-26-9-15-22-13-3-1-2-4-14(13)23-15/h1-8H,9-10H2,(H,21,24)(H,22,23). The zero-order valence-electron chi connectivity index (χ0n) is 13.3. The third-order valence-corrected chi connectivity index (χ3v) is 4.23. The lowest BCUT2D eigenvalue weighted by molar-refractivity contribution is -0.274. The fraction of sp³-hybridized carbons (Fsp3) is 0.176. The molecular formula is C17H14F3N3O2S. The number of hydrogen-bond acceptors (Lipinski definition) is 4. The molecule has 3 rings (SSSR count). The van der Waals surface area contributed by atoms with Crippen molar-refractivity contribution in [2.24, 2.45) is 0 Å². The van der Waals surface area contributed by atoms with Crippen molar-refractivity contribution in [3.05, 3.63) is 54.4 Å². The number of nitrogens with one attached hydrogen (secondary N) is 2. The van der Waals surface area contributed by atoms with Gasteiger partial charge in [-0.05, 0) is 36.4 Å². The van der Waals surface area contributed by atoms with E-state index in [1.54, 1.807) is 0 Å². The summed E-state index contributed by atoms with van der Waals surface area (Å²) in [5, 5.41) is 2.62. The number of aromatic nitrogens is 2. The van der Waals surface area contributed by atoms with Gasteiger partial charge in [-0.2, -0.15) is 0 Å². The molecule has 2 N–H and O–H groups in total. The molecule has 1 heterocycles. The van der Waals surface area contributed by atoms with Crippen LogP contribution in [0.3, 0.4) is 0 Å². The zero-order valence-corrected chi connectivity index (χ0v) is 14.2. The molecule has 1 aromatic heterocycles. The van der Waals surface area contributed by atoms with E-state index < -0.39 is 6.36 Å². The Balaban J connectivity index is 1.46. The fourth-order valence-electron chi connectivity index (χ4n) is 2.25. The van der Waals surface area contributed by atoms with Gasteiger partial charge < -0.3 is 15.0 Å².